The summed E-state index contributed by atoms with van der Waals surface area (Å²) in [4.78, 5) is 22.4. The molecule has 0 aromatic carbocycles. The number of thioether (sulfide) groups is 1. The summed E-state index contributed by atoms with van der Waals surface area (Å²) >= 11 is 1.23. The van der Waals surface area contributed by atoms with Crippen molar-refractivity contribution < 1.29 is 14.7 Å². The first-order chi connectivity index (χ1) is 5.20. The molecule has 0 aliphatic carbocycles. The lowest BCUT2D eigenvalue weighted by atomic mass is 10.4. The summed E-state index contributed by atoms with van der Waals surface area (Å²) in [5.74, 6) is -0.332. The van der Waals surface area contributed by atoms with Crippen LogP contribution in [0.5, 0.6) is 0 Å². The van der Waals surface area contributed by atoms with Crippen molar-refractivity contribution in [2.24, 2.45) is 0 Å². The molecule has 1 aliphatic rings. The monoisotopic (exact) mass is 174 g/mol. The number of hydrogen-bond donors (Lipinski definition) is 0. The zero-order valence-corrected chi connectivity index (χ0v) is 6.73. The van der Waals surface area contributed by atoms with Gasteiger partial charge in [-0.05, 0) is 0 Å². The number of carboxylic acid groups (broad SMARTS) is 1. The number of amides is 1. The fourth-order valence-corrected chi connectivity index (χ4v) is 1.71. The molecule has 0 saturated carbocycles. The quantitative estimate of drug-likeness (QED) is 0.567. The van der Waals surface area contributed by atoms with Gasteiger partial charge in [0.1, 0.15) is 0 Å². The van der Waals surface area contributed by atoms with Crippen LogP contribution in [0.4, 0.5) is 4.79 Å². The van der Waals surface area contributed by atoms with Gasteiger partial charge in [-0.1, -0.05) is 11.8 Å². The number of carbonyl (C=O) groups is 2. The minimum Gasteiger partial charge on any atom is -0.550 e. The second kappa shape index (κ2) is 3.61. The van der Waals surface area contributed by atoms with E-state index in [1.165, 1.54) is 16.7 Å². The molecule has 4 nitrogen and oxygen atoms in total. The maximum Gasteiger partial charge on any atom is 0.281 e. The van der Waals surface area contributed by atoms with Gasteiger partial charge in [0.15, 0.2) is 0 Å². The molecule has 0 spiro atoms. The number of rotatable bonds is 3. The van der Waals surface area contributed by atoms with Gasteiger partial charge in [0.05, 0.1) is 0 Å². The molecule has 1 fully saturated rings. The average Bonchev–Trinajstić information content (AvgIpc) is 2.31. The van der Waals surface area contributed by atoms with Crippen molar-refractivity contribution in [2.75, 3.05) is 18.8 Å². The van der Waals surface area contributed by atoms with Crippen LogP contribution < -0.4 is 5.11 Å². The number of nitrogens with zero attached hydrogens (tertiary/aromatic N) is 1. The van der Waals surface area contributed by atoms with Gasteiger partial charge in [-0.3, -0.25) is 4.79 Å². The molecule has 5 heteroatoms. The van der Waals surface area contributed by atoms with E-state index in [0.717, 1.165) is 5.75 Å². The maximum absolute atomic E-state index is 10.9. The molecule has 62 valence electrons. The molecule has 0 aromatic rings. The Kier molecular flexibility index (Phi) is 2.76. The number of carbonyl (C=O) groups excluding carboxylic acids is 2. The molecule has 0 unspecified atom stereocenters. The van der Waals surface area contributed by atoms with Crippen LogP contribution in [0.15, 0.2) is 0 Å². The summed E-state index contributed by atoms with van der Waals surface area (Å²) in [5, 5.41) is 9.98. The first kappa shape index (κ1) is 8.39. The smallest absolute Gasteiger partial charge is 0.281 e. The average molecular weight is 174 g/mol. The van der Waals surface area contributed by atoms with E-state index in [1.807, 2.05) is 0 Å². The molecular formula is C6H8NO3S-. The largest absolute Gasteiger partial charge is 0.550 e. The maximum atomic E-state index is 10.9. The molecular weight excluding hydrogens is 166 g/mol. The van der Waals surface area contributed by atoms with Crippen LogP contribution in [0.25, 0.3) is 0 Å². The zero-order valence-electron chi connectivity index (χ0n) is 5.91. The third-order valence-electron chi connectivity index (χ3n) is 1.43. The highest BCUT2D eigenvalue weighted by molar-refractivity contribution is 8.13. The minimum atomic E-state index is -1.10. The lowest BCUT2D eigenvalue weighted by molar-refractivity contribution is -0.305. The summed E-state index contributed by atoms with van der Waals surface area (Å²) in [7, 11) is 0. The first-order valence-corrected chi connectivity index (χ1v) is 4.30. The van der Waals surface area contributed by atoms with Crippen molar-refractivity contribution in [1.82, 2.24) is 4.90 Å². The van der Waals surface area contributed by atoms with Crippen molar-refractivity contribution >= 4 is 23.0 Å². The summed E-state index contributed by atoms with van der Waals surface area (Å²) < 4.78 is 0. The van der Waals surface area contributed by atoms with Crippen LogP contribution in [0, 0.1) is 0 Å². The van der Waals surface area contributed by atoms with Gasteiger partial charge in [0.2, 0.25) is 0 Å². The molecule has 0 bridgehead atoms. The van der Waals surface area contributed by atoms with E-state index in [-0.39, 0.29) is 18.2 Å². The lowest BCUT2D eigenvalue weighted by Gasteiger charge is -2.13. The van der Waals surface area contributed by atoms with E-state index in [4.69, 9.17) is 0 Å². The van der Waals surface area contributed by atoms with Gasteiger partial charge in [0.25, 0.3) is 5.24 Å². The Labute approximate surface area is 68.6 Å². The summed E-state index contributed by atoms with van der Waals surface area (Å²) in [5.41, 5.74) is 0. The van der Waals surface area contributed by atoms with Crippen LogP contribution in [0.3, 0.4) is 0 Å². The Morgan fingerprint density at radius 1 is 1.73 bits per heavy atom. The van der Waals surface area contributed by atoms with Gasteiger partial charge < -0.3 is 14.8 Å². The van der Waals surface area contributed by atoms with Crippen molar-refractivity contribution in [1.29, 1.82) is 0 Å². The first-order valence-electron chi connectivity index (χ1n) is 3.31. The van der Waals surface area contributed by atoms with Crippen LogP contribution in [0.1, 0.15) is 6.42 Å². The standard InChI is InChI=1S/C6H9NO3S/c8-5(9)1-2-7-3-4-11-6(7)10/h1-4H2,(H,8,9)/p-1. The van der Waals surface area contributed by atoms with Gasteiger partial charge in [-0.2, -0.15) is 0 Å². The van der Waals surface area contributed by atoms with Crippen LogP contribution in [-0.4, -0.2) is 35.0 Å². The highest BCUT2D eigenvalue weighted by Crippen LogP contribution is 2.16. The molecule has 0 radical (unpaired) electrons. The van der Waals surface area contributed by atoms with Gasteiger partial charge in [-0.15, -0.1) is 0 Å². The number of hydrogen-bond acceptors (Lipinski definition) is 4. The number of aliphatic carboxylic acids is 1. The third-order valence-corrected chi connectivity index (χ3v) is 2.32. The summed E-state index contributed by atoms with van der Waals surface area (Å²) in [6.07, 6.45) is -0.0632. The van der Waals surface area contributed by atoms with E-state index >= 15 is 0 Å². The second-order valence-corrected chi connectivity index (χ2v) is 3.27. The van der Waals surface area contributed by atoms with Gasteiger partial charge in [-0.25, -0.2) is 0 Å². The Bertz CT molecular complexity index is 183. The molecule has 1 heterocycles. The van der Waals surface area contributed by atoms with Crippen LogP contribution in [-0.2, 0) is 4.79 Å². The lowest BCUT2D eigenvalue weighted by Crippen LogP contribution is -2.31. The molecule has 1 saturated heterocycles. The molecule has 1 amide bonds. The van der Waals surface area contributed by atoms with E-state index in [0.29, 0.717) is 6.54 Å². The van der Waals surface area contributed by atoms with Crippen molar-refractivity contribution in [2.45, 2.75) is 6.42 Å². The van der Waals surface area contributed by atoms with E-state index < -0.39 is 5.97 Å². The Morgan fingerprint density at radius 3 is 2.91 bits per heavy atom. The summed E-state index contributed by atoms with van der Waals surface area (Å²) in [6.45, 7) is 0.949. The van der Waals surface area contributed by atoms with Crippen LogP contribution >= 0.6 is 11.8 Å². The molecule has 1 aliphatic heterocycles. The normalized spacial score (nSPS) is 17.5. The Balaban J connectivity index is 2.26. The van der Waals surface area contributed by atoms with E-state index in [1.54, 1.807) is 0 Å². The zero-order chi connectivity index (χ0) is 8.27. The van der Waals surface area contributed by atoms with Gasteiger partial charge >= 0.3 is 0 Å². The molecule has 0 aromatic heterocycles. The van der Waals surface area contributed by atoms with Crippen molar-refractivity contribution in [3.63, 3.8) is 0 Å². The van der Waals surface area contributed by atoms with Crippen molar-refractivity contribution in [3.8, 4) is 0 Å². The Hall–Kier alpha value is -0.710. The molecule has 0 N–H and O–H groups in total. The summed E-state index contributed by atoms with van der Waals surface area (Å²) in [6, 6.07) is 0. The Morgan fingerprint density at radius 2 is 2.45 bits per heavy atom. The number of carboxylic acids is 1. The fraction of sp³-hybridized carbons (Fsp3) is 0.667. The predicted octanol–water partition coefficient (Wildman–Crippen LogP) is -0.705. The second-order valence-electron chi connectivity index (χ2n) is 2.22. The van der Waals surface area contributed by atoms with Crippen LogP contribution in [0.2, 0.25) is 0 Å². The molecule has 0 atom stereocenters. The predicted molar refractivity (Wildman–Crippen MR) is 39.1 cm³/mol. The highest BCUT2D eigenvalue weighted by Gasteiger charge is 2.19. The fourth-order valence-electron chi connectivity index (χ4n) is 0.855. The van der Waals surface area contributed by atoms with Gasteiger partial charge in [0, 0.05) is 31.2 Å². The third kappa shape index (κ3) is 2.42. The SMILES string of the molecule is O=C([O-])CCN1CCSC1=O. The van der Waals surface area contributed by atoms with Crippen molar-refractivity contribution in [3.05, 3.63) is 0 Å². The molecule has 1 rings (SSSR count). The highest BCUT2D eigenvalue weighted by atomic mass is 32.2. The van der Waals surface area contributed by atoms with E-state index in [2.05, 4.69) is 0 Å². The van der Waals surface area contributed by atoms with E-state index in [9.17, 15) is 14.7 Å². The molecule has 11 heavy (non-hydrogen) atoms. The topological polar surface area (TPSA) is 60.4 Å². The minimum absolute atomic E-state index is 0.0220.